The smallest absolute Gasteiger partial charge is 0.269 e. The third-order valence-corrected chi connectivity index (χ3v) is 4.85. The quantitative estimate of drug-likeness (QED) is 0.496. The highest BCUT2D eigenvalue weighted by Gasteiger charge is 2.15. The molecule has 0 spiro atoms. The zero-order chi connectivity index (χ0) is 21.1. The Labute approximate surface area is 172 Å². The predicted octanol–water partition coefficient (Wildman–Crippen LogP) is 3.61. The van der Waals surface area contributed by atoms with Crippen molar-refractivity contribution in [3.05, 3.63) is 72.0 Å². The molecule has 1 heterocycles. The fourth-order valence-electron chi connectivity index (χ4n) is 3.40. The Morgan fingerprint density at radius 2 is 1.73 bits per heavy atom. The van der Waals surface area contributed by atoms with Crippen molar-refractivity contribution in [3.63, 3.8) is 0 Å². The van der Waals surface area contributed by atoms with Gasteiger partial charge in [-0.25, -0.2) is 0 Å². The lowest BCUT2D eigenvalue weighted by Gasteiger charge is -2.10. The molecule has 152 valence electrons. The number of ether oxygens (including phenoxy) is 2. The highest BCUT2D eigenvalue weighted by Crippen LogP contribution is 2.30. The van der Waals surface area contributed by atoms with Crippen LogP contribution in [-0.4, -0.2) is 26.0 Å². The van der Waals surface area contributed by atoms with E-state index >= 15 is 0 Å². The van der Waals surface area contributed by atoms with Crippen LogP contribution in [0.1, 0.15) is 15.9 Å². The second kappa shape index (κ2) is 8.16. The minimum atomic E-state index is -0.466. The molecule has 0 atom stereocenters. The molecule has 0 fully saturated rings. The van der Waals surface area contributed by atoms with Crippen molar-refractivity contribution in [2.24, 2.45) is 0 Å². The number of hydrogen-bond donors (Lipinski definition) is 2. The average molecular weight is 404 g/mol. The number of nitrogens with one attached hydrogen (secondary N) is 2. The highest BCUT2D eigenvalue weighted by atomic mass is 16.5. The lowest BCUT2D eigenvalue weighted by molar-refractivity contribution is -0.121. The number of furan rings is 1. The second-order valence-electron chi connectivity index (χ2n) is 6.67. The molecule has 0 aliphatic carbocycles. The summed E-state index contributed by atoms with van der Waals surface area (Å²) in [6, 6.07) is 16.5. The van der Waals surface area contributed by atoms with Gasteiger partial charge < -0.3 is 13.9 Å². The molecule has 2 amide bonds. The van der Waals surface area contributed by atoms with Crippen molar-refractivity contribution in [1.29, 1.82) is 0 Å². The number of methoxy groups -OCH3 is 2. The summed E-state index contributed by atoms with van der Waals surface area (Å²) in [6.07, 6.45) is 1.64. The number of fused-ring (bicyclic) bond motifs is 3. The van der Waals surface area contributed by atoms with Crippen LogP contribution in [0, 0.1) is 0 Å². The summed E-state index contributed by atoms with van der Waals surface area (Å²) >= 11 is 0. The third-order valence-electron chi connectivity index (χ3n) is 4.85. The zero-order valence-corrected chi connectivity index (χ0v) is 16.5. The first-order chi connectivity index (χ1) is 14.6. The van der Waals surface area contributed by atoms with E-state index in [0.29, 0.717) is 22.6 Å². The van der Waals surface area contributed by atoms with Gasteiger partial charge in [-0.3, -0.25) is 20.4 Å². The number of hydrazine groups is 1. The molecule has 1 aromatic heterocycles. The summed E-state index contributed by atoms with van der Waals surface area (Å²) in [5.74, 6) is 0.108. The standard InChI is InChI=1S/C23H20N2O5/c1-28-18-9-8-15(11-20(18)29-2)23(27)25-24-21(26)12-16-13-30-19-10-7-14-5-3-4-6-17(14)22(16)19/h3-11,13H,12H2,1-2H3,(H,24,26)(H,25,27). The number of carbonyl (C=O) groups is 2. The topological polar surface area (TPSA) is 89.8 Å². The summed E-state index contributed by atoms with van der Waals surface area (Å²) < 4.78 is 16.0. The average Bonchev–Trinajstić information content (AvgIpc) is 3.20. The van der Waals surface area contributed by atoms with Gasteiger partial charge in [-0.05, 0) is 35.0 Å². The van der Waals surface area contributed by atoms with Crippen LogP contribution in [0.5, 0.6) is 11.5 Å². The van der Waals surface area contributed by atoms with Gasteiger partial charge in [0, 0.05) is 16.5 Å². The molecule has 0 aliphatic heterocycles. The number of hydrogen-bond acceptors (Lipinski definition) is 5. The molecule has 2 N–H and O–H groups in total. The van der Waals surface area contributed by atoms with Gasteiger partial charge in [-0.2, -0.15) is 0 Å². The summed E-state index contributed by atoms with van der Waals surface area (Å²) in [6.45, 7) is 0. The van der Waals surface area contributed by atoms with E-state index in [1.54, 1.807) is 18.4 Å². The van der Waals surface area contributed by atoms with Gasteiger partial charge in [-0.15, -0.1) is 0 Å². The number of benzene rings is 3. The molecule has 4 aromatic rings. The molecule has 0 bridgehead atoms. The first-order valence-corrected chi connectivity index (χ1v) is 9.29. The van der Waals surface area contributed by atoms with Gasteiger partial charge in [0.15, 0.2) is 11.5 Å². The van der Waals surface area contributed by atoms with Crippen LogP contribution in [0.4, 0.5) is 0 Å². The van der Waals surface area contributed by atoms with Crippen molar-refractivity contribution < 1.29 is 23.5 Å². The van der Waals surface area contributed by atoms with Gasteiger partial charge in [-0.1, -0.05) is 30.3 Å². The maximum atomic E-state index is 12.4. The largest absolute Gasteiger partial charge is 0.493 e. The molecular weight excluding hydrogens is 384 g/mol. The Hall–Kier alpha value is -4.00. The molecule has 0 unspecified atom stereocenters. The Morgan fingerprint density at radius 3 is 2.53 bits per heavy atom. The monoisotopic (exact) mass is 404 g/mol. The fraction of sp³-hybridized carbons (Fsp3) is 0.130. The highest BCUT2D eigenvalue weighted by molar-refractivity contribution is 6.08. The summed E-state index contributed by atoms with van der Waals surface area (Å²) in [4.78, 5) is 24.8. The Balaban J connectivity index is 1.47. The molecule has 4 rings (SSSR count). The Bertz CT molecular complexity index is 1250. The summed E-state index contributed by atoms with van der Waals surface area (Å²) in [5.41, 5.74) is 6.66. The lowest BCUT2D eigenvalue weighted by Crippen LogP contribution is -2.42. The van der Waals surface area contributed by atoms with E-state index in [4.69, 9.17) is 13.9 Å². The van der Waals surface area contributed by atoms with E-state index in [2.05, 4.69) is 10.9 Å². The van der Waals surface area contributed by atoms with E-state index < -0.39 is 5.91 Å². The SMILES string of the molecule is COc1ccc(C(=O)NNC(=O)Cc2coc3ccc4ccccc4c23)cc1OC. The van der Waals surface area contributed by atoms with Crippen molar-refractivity contribution in [2.45, 2.75) is 6.42 Å². The minimum Gasteiger partial charge on any atom is -0.493 e. The fourth-order valence-corrected chi connectivity index (χ4v) is 3.40. The van der Waals surface area contributed by atoms with E-state index in [-0.39, 0.29) is 12.3 Å². The molecule has 0 aliphatic rings. The minimum absolute atomic E-state index is 0.0627. The normalized spacial score (nSPS) is 10.7. The van der Waals surface area contributed by atoms with E-state index in [9.17, 15) is 9.59 Å². The van der Waals surface area contributed by atoms with E-state index in [1.807, 2.05) is 36.4 Å². The second-order valence-corrected chi connectivity index (χ2v) is 6.67. The molecule has 30 heavy (non-hydrogen) atoms. The molecule has 7 heteroatoms. The van der Waals surface area contributed by atoms with Crippen molar-refractivity contribution in [1.82, 2.24) is 10.9 Å². The van der Waals surface area contributed by atoms with Crippen LogP contribution in [-0.2, 0) is 11.2 Å². The lowest BCUT2D eigenvalue weighted by atomic mass is 10.0. The van der Waals surface area contributed by atoms with Gasteiger partial charge in [0.1, 0.15) is 5.58 Å². The number of amides is 2. The third kappa shape index (κ3) is 3.65. The van der Waals surface area contributed by atoms with Crippen LogP contribution in [0.15, 0.2) is 65.3 Å². The molecule has 7 nitrogen and oxygen atoms in total. The van der Waals surface area contributed by atoms with Crippen LogP contribution in [0.2, 0.25) is 0 Å². The van der Waals surface area contributed by atoms with Gasteiger partial charge >= 0.3 is 0 Å². The summed E-state index contributed by atoms with van der Waals surface area (Å²) in [5, 5.41) is 2.98. The molecule has 0 saturated heterocycles. The Morgan fingerprint density at radius 1 is 0.933 bits per heavy atom. The first-order valence-electron chi connectivity index (χ1n) is 9.29. The zero-order valence-electron chi connectivity index (χ0n) is 16.5. The molecule has 3 aromatic carbocycles. The van der Waals surface area contributed by atoms with Crippen LogP contribution in [0.25, 0.3) is 21.7 Å². The van der Waals surface area contributed by atoms with Crippen molar-refractivity contribution in [3.8, 4) is 11.5 Å². The van der Waals surface area contributed by atoms with Crippen LogP contribution in [0.3, 0.4) is 0 Å². The van der Waals surface area contributed by atoms with E-state index in [0.717, 1.165) is 21.7 Å². The van der Waals surface area contributed by atoms with Gasteiger partial charge in [0.2, 0.25) is 5.91 Å². The van der Waals surface area contributed by atoms with Crippen molar-refractivity contribution in [2.75, 3.05) is 14.2 Å². The molecule has 0 radical (unpaired) electrons. The van der Waals surface area contributed by atoms with Gasteiger partial charge in [0.25, 0.3) is 5.91 Å². The number of carbonyl (C=O) groups excluding carboxylic acids is 2. The van der Waals surface area contributed by atoms with Crippen molar-refractivity contribution >= 4 is 33.6 Å². The summed E-state index contributed by atoms with van der Waals surface area (Å²) in [7, 11) is 3.00. The van der Waals surface area contributed by atoms with Gasteiger partial charge in [0.05, 0.1) is 26.9 Å². The van der Waals surface area contributed by atoms with Crippen LogP contribution < -0.4 is 20.3 Å². The molecule has 0 saturated carbocycles. The Kier molecular flexibility index (Phi) is 5.26. The van der Waals surface area contributed by atoms with Crippen LogP contribution >= 0.6 is 0 Å². The maximum absolute atomic E-state index is 12.4. The predicted molar refractivity (Wildman–Crippen MR) is 113 cm³/mol. The van der Waals surface area contributed by atoms with E-state index in [1.165, 1.54) is 20.3 Å². The molecular formula is C23H20N2O5. The number of rotatable bonds is 5. The maximum Gasteiger partial charge on any atom is 0.269 e. The first kappa shape index (κ1) is 19.3.